The molecule has 0 aliphatic carbocycles. The molecule has 116 valence electrons. The van der Waals surface area contributed by atoms with E-state index in [-0.39, 0.29) is 24.2 Å². The van der Waals surface area contributed by atoms with Crippen molar-refractivity contribution < 1.29 is 19.8 Å². The number of hydrogen-bond donors (Lipinski definition) is 3. The topological polar surface area (TPSA) is 89.9 Å². The van der Waals surface area contributed by atoms with Gasteiger partial charge in [-0.25, -0.2) is 9.59 Å². The number of hydrogen-bond acceptors (Lipinski definition) is 3. The van der Waals surface area contributed by atoms with Gasteiger partial charge in [-0.2, -0.15) is 0 Å². The van der Waals surface area contributed by atoms with Crippen LogP contribution in [0, 0.1) is 0 Å². The van der Waals surface area contributed by atoms with Crippen LogP contribution in [0.2, 0.25) is 0 Å². The fourth-order valence-corrected chi connectivity index (χ4v) is 1.93. The van der Waals surface area contributed by atoms with Gasteiger partial charge in [-0.3, -0.25) is 0 Å². The summed E-state index contributed by atoms with van der Waals surface area (Å²) < 4.78 is 0. The Morgan fingerprint density at radius 3 is 2.33 bits per heavy atom. The number of aromatic carboxylic acids is 1. The maximum atomic E-state index is 11.9. The number of urea groups is 1. The second-order valence-electron chi connectivity index (χ2n) is 4.99. The predicted octanol–water partition coefficient (Wildman–Crippen LogP) is 1.34. The van der Waals surface area contributed by atoms with Gasteiger partial charge < -0.3 is 20.4 Å². The Bertz CT molecular complexity index is 471. The first-order valence-corrected chi connectivity index (χ1v) is 6.93. The number of amides is 2. The molecule has 0 aliphatic heterocycles. The van der Waals surface area contributed by atoms with Crippen molar-refractivity contribution in [3.8, 4) is 0 Å². The smallest absolute Gasteiger partial charge is 0.335 e. The number of aliphatic hydroxyl groups is 1. The zero-order valence-corrected chi connectivity index (χ0v) is 12.4. The first kappa shape index (κ1) is 17.0. The summed E-state index contributed by atoms with van der Waals surface area (Å²) in [5.74, 6) is -0.952. The average Bonchev–Trinajstić information content (AvgIpc) is 2.44. The van der Waals surface area contributed by atoms with Gasteiger partial charge in [0.1, 0.15) is 0 Å². The molecular weight excluding hydrogens is 272 g/mol. The third kappa shape index (κ3) is 5.43. The molecule has 21 heavy (non-hydrogen) atoms. The molecule has 0 bridgehead atoms. The van der Waals surface area contributed by atoms with Crippen molar-refractivity contribution in [2.75, 3.05) is 19.7 Å². The van der Waals surface area contributed by atoms with Crippen LogP contribution in [0.15, 0.2) is 24.3 Å². The highest BCUT2D eigenvalue weighted by atomic mass is 16.4. The van der Waals surface area contributed by atoms with E-state index < -0.39 is 5.97 Å². The number of carboxylic acids is 1. The third-order valence-corrected chi connectivity index (χ3v) is 3.12. The normalized spacial score (nSPS) is 10.5. The summed E-state index contributed by atoms with van der Waals surface area (Å²) in [5, 5.41) is 20.5. The molecule has 0 atom stereocenters. The van der Waals surface area contributed by atoms with Gasteiger partial charge in [-0.05, 0) is 38.0 Å². The van der Waals surface area contributed by atoms with Crippen molar-refractivity contribution in [3.63, 3.8) is 0 Å². The fraction of sp³-hybridized carbons (Fsp3) is 0.467. The van der Waals surface area contributed by atoms with Gasteiger partial charge in [0.05, 0.1) is 12.2 Å². The molecule has 0 aromatic heterocycles. The van der Waals surface area contributed by atoms with E-state index >= 15 is 0 Å². The fourth-order valence-electron chi connectivity index (χ4n) is 1.93. The molecule has 1 rings (SSSR count). The first-order valence-electron chi connectivity index (χ1n) is 6.93. The van der Waals surface area contributed by atoms with Crippen molar-refractivity contribution in [1.82, 2.24) is 10.2 Å². The molecule has 0 fully saturated rings. The minimum Gasteiger partial charge on any atom is -0.478 e. The van der Waals surface area contributed by atoms with Crippen LogP contribution in [0.5, 0.6) is 0 Å². The summed E-state index contributed by atoms with van der Waals surface area (Å²) in [5.41, 5.74) is 1.20. The number of carboxylic acid groups (broad SMARTS) is 1. The van der Waals surface area contributed by atoms with Crippen LogP contribution < -0.4 is 5.32 Å². The average molecular weight is 294 g/mol. The quantitative estimate of drug-likeness (QED) is 0.708. The number of nitrogens with one attached hydrogen (secondary N) is 1. The summed E-state index contributed by atoms with van der Waals surface area (Å²) in [6.07, 6.45) is 0.622. The van der Waals surface area contributed by atoms with Crippen molar-refractivity contribution in [3.05, 3.63) is 35.4 Å². The largest absolute Gasteiger partial charge is 0.478 e. The molecule has 0 heterocycles. The Kier molecular flexibility index (Phi) is 6.68. The molecule has 0 saturated carbocycles. The van der Waals surface area contributed by atoms with E-state index in [9.17, 15) is 9.59 Å². The van der Waals surface area contributed by atoms with Crippen molar-refractivity contribution in [2.45, 2.75) is 26.3 Å². The highest BCUT2D eigenvalue weighted by molar-refractivity contribution is 5.87. The second-order valence-corrected chi connectivity index (χ2v) is 4.99. The molecular formula is C15H22N2O4. The van der Waals surface area contributed by atoms with Crippen LogP contribution in [-0.2, 0) is 6.42 Å². The molecule has 2 amide bonds. The second kappa shape index (κ2) is 8.26. The molecule has 0 radical (unpaired) electrons. The Hall–Kier alpha value is -2.08. The van der Waals surface area contributed by atoms with Gasteiger partial charge in [-0.15, -0.1) is 0 Å². The van der Waals surface area contributed by atoms with E-state index in [1.165, 1.54) is 0 Å². The van der Waals surface area contributed by atoms with Crippen LogP contribution in [0.3, 0.4) is 0 Å². The minimum absolute atomic E-state index is 0.0204. The molecule has 6 heteroatoms. The van der Waals surface area contributed by atoms with Crippen molar-refractivity contribution in [2.24, 2.45) is 0 Å². The van der Waals surface area contributed by atoms with Crippen LogP contribution in [0.1, 0.15) is 29.8 Å². The zero-order chi connectivity index (χ0) is 15.8. The number of aliphatic hydroxyl groups excluding tert-OH is 1. The third-order valence-electron chi connectivity index (χ3n) is 3.12. The van der Waals surface area contributed by atoms with Gasteiger partial charge in [0, 0.05) is 19.1 Å². The van der Waals surface area contributed by atoms with E-state index in [2.05, 4.69) is 5.32 Å². The van der Waals surface area contributed by atoms with E-state index in [4.69, 9.17) is 10.2 Å². The Balaban J connectivity index is 2.45. The SMILES string of the molecule is CC(C)N(CCO)C(=O)NCCc1ccc(C(=O)O)cc1. The van der Waals surface area contributed by atoms with Gasteiger partial charge in [0.25, 0.3) is 0 Å². The van der Waals surface area contributed by atoms with Crippen LogP contribution >= 0.6 is 0 Å². The number of carbonyl (C=O) groups is 2. The molecule has 0 spiro atoms. The highest BCUT2D eigenvalue weighted by Gasteiger charge is 2.15. The molecule has 6 nitrogen and oxygen atoms in total. The Morgan fingerprint density at radius 1 is 1.24 bits per heavy atom. The molecule has 3 N–H and O–H groups in total. The lowest BCUT2D eigenvalue weighted by molar-refractivity contribution is 0.0697. The standard InChI is InChI=1S/C15H22N2O4/c1-11(2)17(9-10-18)15(21)16-8-7-12-3-5-13(6-4-12)14(19)20/h3-6,11,18H,7-10H2,1-2H3,(H,16,21)(H,19,20). The van der Waals surface area contributed by atoms with E-state index in [0.717, 1.165) is 5.56 Å². The summed E-state index contributed by atoms with van der Waals surface area (Å²) in [7, 11) is 0. The summed E-state index contributed by atoms with van der Waals surface area (Å²) >= 11 is 0. The van der Waals surface area contributed by atoms with Gasteiger partial charge in [-0.1, -0.05) is 12.1 Å². The number of carbonyl (C=O) groups excluding carboxylic acids is 1. The molecule has 1 aromatic carbocycles. The van der Waals surface area contributed by atoms with Crippen molar-refractivity contribution >= 4 is 12.0 Å². The maximum Gasteiger partial charge on any atom is 0.335 e. The first-order chi connectivity index (χ1) is 9.95. The maximum absolute atomic E-state index is 11.9. The molecule has 0 saturated heterocycles. The van der Waals surface area contributed by atoms with Crippen LogP contribution in [0.4, 0.5) is 4.79 Å². The highest BCUT2D eigenvalue weighted by Crippen LogP contribution is 2.05. The van der Waals surface area contributed by atoms with Crippen LogP contribution in [-0.4, -0.2) is 52.9 Å². The van der Waals surface area contributed by atoms with Crippen molar-refractivity contribution in [1.29, 1.82) is 0 Å². The summed E-state index contributed by atoms with van der Waals surface area (Å²) in [4.78, 5) is 24.2. The van der Waals surface area contributed by atoms with E-state index in [1.807, 2.05) is 13.8 Å². The van der Waals surface area contributed by atoms with E-state index in [1.54, 1.807) is 29.2 Å². The molecule has 0 unspecified atom stereocenters. The minimum atomic E-state index is -0.952. The number of nitrogens with zero attached hydrogens (tertiary/aromatic N) is 1. The lowest BCUT2D eigenvalue weighted by Gasteiger charge is -2.26. The monoisotopic (exact) mass is 294 g/mol. The zero-order valence-electron chi connectivity index (χ0n) is 12.4. The van der Waals surface area contributed by atoms with Gasteiger partial charge in [0.15, 0.2) is 0 Å². The van der Waals surface area contributed by atoms with Gasteiger partial charge >= 0.3 is 12.0 Å². The molecule has 0 aliphatic rings. The number of benzene rings is 1. The lowest BCUT2D eigenvalue weighted by Crippen LogP contribution is -2.45. The van der Waals surface area contributed by atoms with Gasteiger partial charge in [0.2, 0.25) is 0 Å². The lowest BCUT2D eigenvalue weighted by atomic mass is 10.1. The molecule has 1 aromatic rings. The summed E-state index contributed by atoms with van der Waals surface area (Å²) in [6.45, 7) is 4.47. The number of rotatable bonds is 7. The predicted molar refractivity (Wildman–Crippen MR) is 79.4 cm³/mol. The van der Waals surface area contributed by atoms with E-state index in [0.29, 0.717) is 19.5 Å². The Labute approximate surface area is 124 Å². The Morgan fingerprint density at radius 2 is 1.86 bits per heavy atom. The summed E-state index contributed by atoms with van der Waals surface area (Å²) in [6, 6.07) is 6.39. The van der Waals surface area contributed by atoms with Crippen LogP contribution in [0.25, 0.3) is 0 Å².